The number of thioether (sulfide) groups is 1. The molecule has 0 atom stereocenters. The van der Waals surface area contributed by atoms with Crippen LogP contribution >= 0.6 is 23.4 Å². The molecule has 2 aromatic carbocycles. The first kappa shape index (κ1) is 20.2. The standard InChI is InChI=1S/C21H18ClN5O2S/c1-2-13-6-8-14(9-7-13)17-11-18-20(29)24-25-21(27(18)26-17)30-12-19(28)23-16-5-3-4-15(22)10-16/h3-11H,2,12H2,1H3,(H,23,28)(H,24,29). The van der Waals surface area contributed by atoms with Crippen molar-refractivity contribution in [3.05, 3.63) is 75.5 Å². The SMILES string of the molecule is CCc1ccc(-c2cc3c(=O)[nH]nc(SCC(=O)Nc4cccc(Cl)c4)n3n2)cc1. The van der Waals surface area contributed by atoms with Gasteiger partial charge in [0.2, 0.25) is 11.1 Å². The normalized spacial score (nSPS) is 11.0. The number of aromatic nitrogens is 4. The number of nitrogens with zero attached hydrogens (tertiary/aromatic N) is 3. The number of benzene rings is 2. The zero-order valence-electron chi connectivity index (χ0n) is 16.1. The van der Waals surface area contributed by atoms with Gasteiger partial charge in [-0.05, 0) is 36.2 Å². The van der Waals surface area contributed by atoms with Gasteiger partial charge < -0.3 is 5.32 Å². The van der Waals surface area contributed by atoms with Crippen molar-refractivity contribution in [1.29, 1.82) is 0 Å². The molecule has 0 bridgehead atoms. The summed E-state index contributed by atoms with van der Waals surface area (Å²) in [6.45, 7) is 2.09. The molecule has 0 saturated heterocycles. The van der Waals surface area contributed by atoms with Crippen LogP contribution < -0.4 is 10.9 Å². The molecule has 2 aromatic heterocycles. The minimum absolute atomic E-state index is 0.0983. The van der Waals surface area contributed by atoms with Gasteiger partial charge in [-0.25, -0.2) is 9.61 Å². The molecule has 7 nitrogen and oxygen atoms in total. The van der Waals surface area contributed by atoms with Gasteiger partial charge in [-0.3, -0.25) is 9.59 Å². The Labute approximate surface area is 181 Å². The predicted octanol–water partition coefficient (Wildman–Crippen LogP) is 4.03. The zero-order valence-corrected chi connectivity index (χ0v) is 17.6. The first-order valence-electron chi connectivity index (χ1n) is 9.29. The highest BCUT2D eigenvalue weighted by Crippen LogP contribution is 2.22. The molecule has 4 aromatic rings. The first-order valence-corrected chi connectivity index (χ1v) is 10.7. The van der Waals surface area contributed by atoms with Crippen LogP contribution in [0.25, 0.3) is 16.8 Å². The molecule has 0 spiro atoms. The minimum atomic E-state index is -0.341. The smallest absolute Gasteiger partial charge is 0.290 e. The van der Waals surface area contributed by atoms with Crippen molar-refractivity contribution in [3.63, 3.8) is 0 Å². The number of anilines is 1. The van der Waals surface area contributed by atoms with E-state index in [0.29, 0.717) is 27.1 Å². The lowest BCUT2D eigenvalue weighted by molar-refractivity contribution is -0.113. The van der Waals surface area contributed by atoms with Crippen LogP contribution in [0.2, 0.25) is 5.02 Å². The Balaban J connectivity index is 1.55. The van der Waals surface area contributed by atoms with Crippen LogP contribution in [0.1, 0.15) is 12.5 Å². The molecular weight excluding hydrogens is 422 g/mol. The van der Waals surface area contributed by atoms with Crippen LogP contribution in [-0.2, 0) is 11.2 Å². The number of nitrogens with one attached hydrogen (secondary N) is 2. The van der Waals surface area contributed by atoms with Crippen LogP contribution in [0.15, 0.2) is 64.5 Å². The maximum Gasteiger partial charge on any atom is 0.290 e. The third-order valence-electron chi connectivity index (χ3n) is 4.47. The summed E-state index contributed by atoms with van der Waals surface area (Å²) in [4.78, 5) is 24.5. The van der Waals surface area contributed by atoms with Crippen molar-refractivity contribution in [2.24, 2.45) is 0 Å². The highest BCUT2D eigenvalue weighted by molar-refractivity contribution is 7.99. The Morgan fingerprint density at radius 2 is 2.00 bits per heavy atom. The van der Waals surface area contributed by atoms with E-state index >= 15 is 0 Å². The summed E-state index contributed by atoms with van der Waals surface area (Å²) in [5.41, 5.74) is 3.45. The maximum absolute atomic E-state index is 12.3. The van der Waals surface area contributed by atoms with Crippen LogP contribution in [0, 0.1) is 0 Å². The lowest BCUT2D eigenvalue weighted by Crippen LogP contribution is -2.17. The van der Waals surface area contributed by atoms with Crippen LogP contribution in [-0.4, -0.2) is 31.5 Å². The fourth-order valence-corrected chi connectivity index (χ4v) is 3.83. The lowest BCUT2D eigenvalue weighted by Gasteiger charge is -2.06. The van der Waals surface area contributed by atoms with Crippen molar-refractivity contribution in [2.45, 2.75) is 18.5 Å². The Morgan fingerprint density at radius 1 is 1.20 bits per heavy atom. The van der Waals surface area contributed by atoms with E-state index in [0.717, 1.165) is 12.0 Å². The second kappa shape index (κ2) is 8.73. The Kier molecular flexibility index (Phi) is 5.87. The summed E-state index contributed by atoms with van der Waals surface area (Å²) in [6, 6.07) is 16.7. The molecule has 2 N–H and O–H groups in total. The molecule has 0 aliphatic rings. The van der Waals surface area contributed by atoms with Gasteiger partial charge in [-0.2, -0.15) is 5.10 Å². The molecule has 2 heterocycles. The van der Waals surface area contributed by atoms with Gasteiger partial charge in [-0.15, -0.1) is 5.10 Å². The number of fused-ring (bicyclic) bond motifs is 1. The number of aromatic amines is 1. The number of halogens is 1. The highest BCUT2D eigenvalue weighted by Gasteiger charge is 2.14. The van der Waals surface area contributed by atoms with Crippen molar-refractivity contribution in [3.8, 4) is 11.3 Å². The molecule has 4 rings (SSSR count). The number of carbonyl (C=O) groups excluding carboxylic acids is 1. The van der Waals surface area contributed by atoms with E-state index in [1.807, 2.05) is 24.3 Å². The van der Waals surface area contributed by atoms with Crippen LogP contribution in [0.4, 0.5) is 5.69 Å². The number of hydrogen-bond donors (Lipinski definition) is 2. The van der Waals surface area contributed by atoms with Gasteiger partial charge in [0.05, 0.1) is 11.4 Å². The summed E-state index contributed by atoms with van der Waals surface area (Å²) < 4.78 is 1.47. The number of carbonyl (C=O) groups is 1. The molecule has 0 unspecified atom stereocenters. The highest BCUT2D eigenvalue weighted by atomic mass is 35.5. The molecule has 1 amide bonds. The molecule has 0 aliphatic carbocycles. The number of H-pyrrole nitrogens is 1. The van der Waals surface area contributed by atoms with E-state index in [2.05, 4.69) is 27.5 Å². The molecule has 152 valence electrons. The number of amides is 1. The third kappa shape index (κ3) is 4.39. The summed E-state index contributed by atoms with van der Waals surface area (Å²) in [5, 5.41) is 14.8. The van der Waals surface area contributed by atoms with E-state index < -0.39 is 0 Å². The monoisotopic (exact) mass is 439 g/mol. The molecule has 30 heavy (non-hydrogen) atoms. The van der Waals surface area contributed by atoms with Crippen molar-refractivity contribution >= 4 is 40.5 Å². The average Bonchev–Trinajstić information content (AvgIpc) is 3.20. The van der Waals surface area contributed by atoms with E-state index in [9.17, 15) is 9.59 Å². The summed E-state index contributed by atoms with van der Waals surface area (Å²) >= 11 is 7.12. The summed E-state index contributed by atoms with van der Waals surface area (Å²) in [7, 11) is 0. The van der Waals surface area contributed by atoms with Crippen LogP contribution in [0.5, 0.6) is 0 Å². The molecule has 0 fully saturated rings. The van der Waals surface area contributed by atoms with Gasteiger partial charge in [0.25, 0.3) is 5.56 Å². The van der Waals surface area contributed by atoms with Crippen molar-refractivity contribution in [2.75, 3.05) is 11.1 Å². The third-order valence-corrected chi connectivity index (χ3v) is 5.64. The van der Waals surface area contributed by atoms with Crippen LogP contribution in [0.3, 0.4) is 0 Å². The number of rotatable bonds is 6. The number of aryl methyl sites for hydroxylation is 1. The predicted molar refractivity (Wildman–Crippen MR) is 119 cm³/mol. The maximum atomic E-state index is 12.3. The number of hydrogen-bond acceptors (Lipinski definition) is 5. The van der Waals surface area contributed by atoms with Gasteiger partial charge in [0.1, 0.15) is 5.52 Å². The van der Waals surface area contributed by atoms with E-state index in [1.54, 1.807) is 30.3 Å². The second-order valence-electron chi connectivity index (χ2n) is 6.56. The van der Waals surface area contributed by atoms with Gasteiger partial charge >= 0.3 is 0 Å². The Morgan fingerprint density at radius 3 is 2.73 bits per heavy atom. The fourth-order valence-electron chi connectivity index (χ4n) is 2.93. The summed E-state index contributed by atoms with van der Waals surface area (Å²) in [5.74, 6) is -0.118. The van der Waals surface area contributed by atoms with Gasteiger partial charge in [-0.1, -0.05) is 60.6 Å². The van der Waals surface area contributed by atoms with E-state index in [1.165, 1.54) is 21.8 Å². The summed E-state index contributed by atoms with van der Waals surface area (Å²) in [6.07, 6.45) is 0.951. The molecule has 0 aliphatic heterocycles. The minimum Gasteiger partial charge on any atom is -0.325 e. The van der Waals surface area contributed by atoms with Crippen molar-refractivity contribution in [1.82, 2.24) is 19.8 Å². The zero-order chi connectivity index (χ0) is 21.1. The Bertz CT molecular complexity index is 1270. The Hall–Kier alpha value is -3.10. The van der Waals surface area contributed by atoms with Crippen molar-refractivity contribution < 1.29 is 4.79 Å². The molecule has 0 radical (unpaired) electrons. The molecule has 0 saturated carbocycles. The van der Waals surface area contributed by atoms with Gasteiger partial charge in [0, 0.05) is 16.3 Å². The quantitative estimate of drug-likeness (QED) is 0.442. The lowest BCUT2D eigenvalue weighted by atomic mass is 10.1. The second-order valence-corrected chi connectivity index (χ2v) is 7.94. The van der Waals surface area contributed by atoms with Gasteiger partial charge in [0.15, 0.2) is 0 Å². The topological polar surface area (TPSA) is 92.1 Å². The van der Waals surface area contributed by atoms with E-state index in [4.69, 9.17) is 11.6 Å². The molecular formula is C21H18ClN5O2S. The van der Waals surface area contributed by atoms with E-state index in [-0.39, 0.29) is 17.2 Å². The largest absolute Gasteiger partial charge is 0.325 e. The fraction of sp³-hybridized carbons (Fsp3) is 0.143. The molecule has 9 heteroatoms. The average molecular weight is 440 g/mol. The first-order chi connectivity index (χ1) is 14.5.